The van der Waals surface area contributed by atoms with E-state index in [4.69, 9.17) is 4.74 Å². The van der Waals surface area contributed by atoms with Crippen LogP contribution in [0.5, 0.6) is 5.75 Å². The van der Waals surface area contributed by atoms with E-state index in [0.717, 1.165) is 39.6 Å². The second-order valence-electron chi connectivity index (χ2n) is 5.78. The summed E-state index contributed by atoms with van der Waals surface area (Å²) in [6, 6.07) is 18.0. The van der Waals surface area contributed by atoms with Crippen LogP contribution in [0, 0.1) is 11.3 Å². The Labute approximate surface area is 152 Å². The van der Waals surface area contributed by atoms with Gasteiger partial charge >= 0.3 is 0 Å². The van der Waals surface area contributed by atoms with Crippen LogP contribution in [-0.4, -0.2) is 11.6 Å². The van der Waals surface area contributed by atoms with Crippen molar-refractivity contribution in [2.75, 3.05) is 6.61 Å². The van der Waals surface area contributed by atoms with Crippen molar-refractivity contribution in [3.63, 3.8) is 0 Å². The smallest absolute Gasteiger partial charge is 0.135 e. The summed E-state index contributed by atoms with van der Waals surface area (Å²) in [6.45, 7) is 2.93. The Kier molecular flexibility index (Phi) is 5.81. The number of hydrogen-bond donors (Lipinski definition) is 0. The normalized spacial score (nSPS) is 11.4. The molecule has 3 aromatic rings. The van der Waals surface area contributed by atoms with E-state index in [1.54, 1.807) is 11.3 Å². The van der Waals surface area contributed by atoms with Gasteiger partial charge in [-0.3, -0.25) is 0 Å². The topological polar surface area (TPSA) is 45.9 Å². The molecular formula is C21H20N2OS. The molecule has 0 amide bonds. The van der Waals surface area contributed by atoms with Crippen molar-refractivity contribution in [1.82, 2.24) is 4.98 Å². The van der Waals surface area contributed by atoms with Crippen LogP contribution >= 0.6 is 11.3 Å². The van der Waals surface area contributed by atoms with Crippen LogP contribution < -0.4 is 4.74 Å². The van der Waals surface area contributed by atoms with Crippen molar-refractivity contribution in [3.8, 4) is 11.8 Å². The van der Waals surface area contributed by atoms with Gasteiger partial charge in [-0.1, -0.05) is 44.0 Å². The number of thiazole rings is 1. The monoisotopic (exact) mass is 348 g/mol. The van der Waals surface area contributed by atoms with Crippen LogP contribution in [0.25, 0.3) is 21.9 Å². The summed E-state index contributed by atoms with van der Waals surface area (Å²) < 4.78 is 6.82. The molecule has 0 N–H and O–H groups in total. The lowest BCUT2D eigenvalue weighted by atomic mass is 10.1. The molecule has 0 bridgehead atoms. The van der Waals surface area contributed by atoms with Crippen molar-refractivity contribution in [2.45, 2.75) is 26.2 Å². The molecule has 2 aromatic carbocycles. The van der Waals surface area contributed by atoms with Crippen LogP contribution in [0.15, 0.2) is 48.5 Å². The van der Waals surface area contributed by atoms with Crippen LogP contribution in [0.4, 0.5) is 0 Å². The summed E-state index contributed by atoms with van der Waals surface area (Å²) in [6.07, 6.45) is 5.33. The van der Waals surface area contributed by atoms with Crippen molar-refractivity contribution < 1.29 is 4.74 Å². The standard InChI is InChI=1S/C21H20N2OS/c1-2-3-6-13-24-18-11-9-16(10-12-18)14-17(15-22)21-23-19-7-4-5-8-20(19)25-21/h4-5,7-12,14H,2-3,6,13H2,1H3/b17-14-. The Morgan fingerprint density at radius 1 is 1.16 bits per heavy atom. The summed E-state index contributed by atoms with van der Waals surface area (Å²) in [5, 5.41) is 10.3. The Balaban J connectivity index is 1.74. The molecule has 0 saturated heterocycles. The molecule has 1 heterocycles. The lowest BCUT2D eigenvalue weighted by Crippen LogP contribution is -1.96. The number of aromatic nitrogens is 1. The minimum absolute atomic E-state index is 0.581. The molecule has 3 rings (SSSR count). The first kappa shape index (κ1) is 17.2. The highest BCUT2D eigenvalue weighted by Crippen LogP contribution is 2.28. The molecule has 1 aromatic heterocycles. The maximum absolute atomic E-state index is 9.51. The van der Waals surface area contributed by atoms with E-state index in [1.165, 1.54) is 12.8 Å². The highest BCUT2D eigenvalue weighted by Gasteiger charge is 2.08. The van der Waals surface area contributed by atoms with Crippen molar-refractivity contribution in [1.29, 1.82) is 5.26 Å². The second-order valence-corrected chi connectivity index (χ2v) is 6.81. The average molecular weight is 348 g/mol. The van der Waals surface area contributed by atoms with E-state index in [9.17, 15) is 5.26 Å². The molecule has 3 nitrogen and oxygen atoms in total. The Morgan fingerprint density at radius 3 is 2.68 bits per heavy atom. The summed E-state index contributed by atoms with van der Waals surface area (Å²) >= 11 is 1.54. The van der Waals surface area contributed by atoms with E-state index in [2.05, 4.69) is 18.0 Å². The van der Waals surface area contributed by atoms with E-state index in [1.807, 2.05) is 54.6 Å². The Hall–Kier alpha value is -2.64. The summed E-state index contributed by atoms with van der Waals surface area (Å²) in [7, 11) is 0. The van der Waals surface area contributed by atoms with Gasteiger partial charge in [0.25, 0.3) is 0 Å². The number of rotatable bonds is 7. The van der Waals surface area contributed by atoms with Gasteiger partial charge in [-0.05, 0) is 42.3 Å². The lowest BCUT2D eigenvalue weighted by molar-refractivity contribution is 0.306. The van der Waals surface area contributed by atoms with Gasteiger partial charge in [0.15, 0.2) is 0 Å². The summed E-state index contributed by atoms with van der Waals surface area (Å²) in [4.78, 5) is 4.56. The van der Waals surface area contributed by atoms with Crippen molar-refractivity contribution >= 4 is 33.2 Å². The number of para-hydroxylation sites is 1. The molecule has 0 spiro atoms. The van der Waals surface area contributed by atoms with Gasteiger partial charge in [0.05, 0.1) is 22.4 Å². The third-order valence-corrected chi connectivity index (χ3v) is 4.92. The molecule has 0 unspecified atom stereocenters. The zero-order chi connectivity index (χ0) is 17.5. The fraction of sp³-hybridized carbons (Fsp3) is 0.238. The third-order valence-electron chi connectivity index (χ3n) is 3.85. The number of allylic oxidation sites excluding steroid dienone is 1. The Bertz CT molecular complexity index is 871. The van der Waals surface area contributed by atoms with Gasteiger partial charge in [0.2, 0.25) is 0 Å². The maximum Gasteiger partial charge on any atom is 0.135 e. The molecule has 0 saturated carbocycles. The molecule has 25 heavy (non-hydrogen) atoms. The number of unbranched alkanes of at least 4 members (excludes halogenated alkanes) is 2. The second kappa shape index (κ2) is 8.46. The lowest BCUT2D eigenvalue weighted by Gasteiger charge is -2.05. The number of nitriles is 1. The van der Waals surface area contributed by atoms with Crippen LogP contribution in [0.3, 0.4) is 0 Å². The molecule has 4 heteroatoms. The first-order valence-electron chi connectivity index (χ1n) is 8.51. The van der Waals surface area contributed by atoms with Gasteiger partial charge in [-0.25, -0.2) is 4.98 Å². The molecule has 126 valence electrons. The van der Waals surface area contributed by atoms with E-state index in [-0.39, 0.29) is 0 Å². The maximum atomic E-state index is 9.51. The largest absolute Gasteiger partial charge is 0.494 e. The molecule has 0 aliphatic carbocycles. The number of hydrogen-bond acceptors (Lipinski definition) is 4. The molecule has 0 radical (unpaired) electrons. The van der Waals surface area contributed by atoms with E-state index < -0.39 is 0 Å². The van der Waals surface area contributed by atoms with Crippen LogP contribution in [0.2, 0.25) is 0 Å². The zero-order valence-corrected chi connectivity index (χ0v) is 15.1. The number of benzene rings is 2. The van der Waals surface area contributed by atoms with E-state index in [0.29, 0.717) is 5.57 Å². The van der Waals surface area contributed by atoms with Gasteiger partial charge in [0.1, 0.15) is 16.8 Å². The van der Waals surface area contributed by atoms with Gasteiger partial charge in [0, 0.05) is 0 Å². The fourth-order valence-electron chi connectivity index (χ4n) is 2.50. The number of fused-ring (bicyclic) bond motifs is 1. The summed E-state index contributed by atoms with van der Waals surface area (Å²) in [5.74, 6) is 0.867. The predicted molar refractivity (Wildman–Crippen MR) is 105 cm³/mol. The SMILES string of the molecule is CCCCCOc1ccc(/C=C(/C#N)c2nc3ccccc3s2)cc1. The minimum atomic E-state index is 0.581. The number of ether oxygens (including phenoxy) is 1. The third kappa shape index (κ3) is 4.46. The van der Waals surface area contributed by atoms with E-state index >= 15 is 0 Å². The molecule has 0 aliphatic heterocycles. The molecule has 0 fully saturated rings. The first-order valence-corrected chi connectivity index (χ1v) is 9.32. The minimum Gasteiger partial charge on any atom is -0.494 e. The highest BCUT2D eigenvalue weighted by molar-refractivity contribution is 7.19. The molecule has 0 aliphatic rings. The van der Waals surface area contributed by atoms with Crippen molar-refractivity contribution in [2.24, 2.45) is 0 Å². The fourth-order valence-corrected chi connectivity index (χ4v) is 3.43. The average Bonchev–Trinajstić information content (AvgIpc) is 3.08. The quantitative estimate of drug-likeness (QED) is 0.393. The zero-order valence-electron chi connectivity index (χ0n) is 14.2. The number of nitrogens with zero attached hydrogens (tertiary/aromatic N) is 2. The highest BCUT2D eigenvalue weighted by atomic mass is 32.1. The van der Waals surface area contributed by atoms with Crippen LogP contribution in [0.1, 0.15) is 36.8 Å². The summed E-state index contributed by atoms with van der Waals surface area (Å²) in [5.41, 5.74) is 2.48. The molecule has 0 atom stereocenters. The van der Waals surface area contributed by atoms with Gasteiger partial charge in [-0.2, -0.15) is 5.26 Å². The van der Waals surface area contributed by atoms with Crippen molar-refractivity contribution in [3.05, 3.63) is 59.1 Å². The van der Waals surface area contributed by atoms with Gasteiger partial charge < -0.3 is 4.74 Å². The first-order chi connectivity index (χ1) is 12.3. The predicted octanol–water partition coefficient (Wildman–Crippen LogP) is 5.93. The Morgan fingerprint density at radius 2 is 1.96 bits per heavy atom. The molecular weight excluding hydrogens is 328 g/mol. The van der Waals surface area contributed by atoms with Gasteiger partial charge in [-0.15, -0.1) is 11.3 Å². The van der Waals surface area contributed by atoms with Crippen LogP contribution in [-0.2, 0) is 0 Å².